The molecule has 2 rings (SSSR count). The van der Waals surface area contributed by atoms with Gasteiger partial charge >= 0.3 is 0 Å². The maximum Gasteiger partial charge on any atom is 0.242 e. The third-order valence-electron chi connectivity index (χ3n) is 4.25. The van der Waals surface area contributed by atoms with Crippen molar-refractivity contribution in [3.63, 3.8) is 0 Å². The maximum atomic E-state index is 12.3. The lowest BCUT2D eigenvalue weighted by Crippen LogP contribution is -2.40. The van der Waals surface area contributed by atoms with Gasteiger partial charge in [0, 0.05) is 25.5 Å². The summed E-state index contributed by atoms with van der Waals surface area (Å²) in [5, 5.41) is 2.73. The minimum absolute atomic E-state index is 0.0371. The zero-order valence-corrected chi connectivity index (χ0v) is 20.1. The topological polar surface area (TPSA) is 104 Å². The Kier molecular flexibility index (Phi) is 8.92. The first kappa shape index (κ1) is 25.2. The Balaban J connectivity index is 1.95. The molecule has 1 amide bonds. The summed E-state index contributed by atoms with van der Waals surface area (Å²) < 4.78 is 50.8. The van der Waals surface area contributed by atoms with E-state index in [1.165, 1.54) is 38.4 Å². The van der Waals surface area contributed by atoms with Crippen molar-refractivity contribution >= 4 is 43.4 Å². The van der Waals surface area contributed by atoms with E-state index < -0.39 is 26.0 Å². The van der Waals surface area contributed by atoms with Crippen LogP contribution in [-0.2, 0) is 24.8 Å². The predicted molar refractivity (Wildman–Crippen MR) is 124 cm³/mol. The molecule has 31 heavy (non-hydrogen) atoms. The summed E-state index contributed by atoms with van der Waals surface area (Å²) in [5.41, 5.74) is 0.218. The van der Waals surface area contributed by atoms with E-state index in [-0.39, 0.29) is 17.1 Å². The molecule has 0 heterocycles. The van der Waals surface area contributed by atoms with Gasteiger partial charge in [-0.1, -0.05) is 18.2 Å². The summed E-state index contributed by atoms with van der Waals surface area (Å²) in [6.07, 6.45) is 1.74. The molecule has 2 aromatic rings. The Labute approximate surface area is 188 Å². The van der Waals surface area contributed by atoms with Crippen LogP contribution < -0.4 is 9.62 Å². The number of sulfonamides is 2. The van der Waals surface area contributed by atoms with Gasteiger partial charge in [0.15, 0.2) is 0 Å². The smallest absolute Gasteiger partial charge is 0.242 e. The van der Waals surface area contributed by atoms with Gasteiger partial charge in [-0.2, -0.15) is 0 Å². The van der Waals surface area contributed by atoms with Crippen molar-refractivity contribution in [2.45, 2.75) is 16.2 Å². The first-order valence-corrected chi connectivity index (χ1v) is 13.7. The van der Waals surface area contributed by atoms with Crippen molar-refractivity contribution in [1.29, 1.82) is 0 Å². The lowest BCUT2D eigenvalue weighted by atomic mass is 10.3. The van der Waals surface area contributed by atoms with Gasteiger partial charge in [0.25, 0.3) is 0 Å². The van der Waals surface area contributed by atoms with E-state index >= 15 is 0 Å². The van der Waals surface area contributed by atoms with Crippen LogP contribution in [-0.4, -0.2) is 66.2 Å². The molecule has 0 aliphatic heterocycles. The molecule has 0 unspecified atom stereocenters. The van der Waals surface area contributed by atoms with Crippen LogP contribution in [0.3, 0.4) is 0 Å². The largest absolute Gasteiger partial charge is 0.354 e. The fraction of sp³-hybridized carbons (Fsp3) is 0.350. The van der Waals surface area contributed by atoms with E-state index in [1.54, 1.807) is 11.8 Å². The zero-order valence-electron chi connectivity index (χ0n) is 17.7. The SMILES string of the molecule is CN(C)S(=O)(=O)c1ccc(N(CC(=O)NCCCSc2ccccc2)S(C)(=O)=O)cc1. The first-order chi connectivity index (χ1) is 14.5. The number of carbonyl (C=O) groups is 1. The standard InChI is InChI=1S/C20H27N3O5S3/c1-22(2)31(27,28)19-12-10-17(11-13-19)23(30(3,25)26)16-20(24)21-14-7-15-29-18-8-5-4-6-9-18/h4-6,8-13H,7,14-16H2,1-3H3,(H,21,24). The number of hydrogen-bond donors (Lipinski definition) is 1. The fourth-order valence-electron chi connectivity index (χ4n) is 2.59. The van der Waals surface area contributed by atoms with Crippen molar-refractivity contribution in [2.24, 2.45) is 0 Å². The number of rotatable bonds is 11. The van der Waals surface area contributed by atoms with Crippen LogP contribution in [0.2, 0.25) is 0 Å². The normalized spacial score (nSPS) is 12.0. The minimum atomic E-state index is -3.74. The van der Waals surface area contributed by atoms with Crippen LogP contribution in [0.25, 0.3) is 0 Å². The van der Waals surface area contributed by atoms with Crippen LogP contribution in [0, 0.1) is 0 Å². The number of nitrogens with one attached hydrogen (secondary N) is 1. The Morgan fingerprint density at radius 2 is 1.58 bits per heavy atom. The molecule has 0 aromatic heterocycles. The van der Waals surface area contributed by atoms with Crippen molar-refractivity contribution < 1.29 is 21.6 Å². The summed E-state index contributed by atoms with van der Waals surface area (Å²) in [7, 11) is -4.55. The van der Waals surface area contributed by atoms with E-state index in [0.29, 0.717) is 6.54 Å². The molecule has 0 atom stereocenters. The van der Waals surface area contributed by atoms with Crippen LogP contribution in [0.5, 0.6) is 0 Å². The Hall–Kier alpha value is -2.08. The van der Waals surface area contributed by atoms with Crippen LogP contribution in [0.15, 0.2) is 64.4 Å². The van der Waals surface area contributed by atoms with Gasteiger partial charge in [0.1, 0.15) is 6.54 Å². The lowest BCUT2D eigenvalue weighted by molar-refractivity contribution is -0.119. The van der Waals surface area contributed by atoms with Gasteiger partial charge in [-0.15, -0.1) is 11.8 Å². The van der Waals surface area contributed by atoms with Crippen molar-refractivity contribution in [2.75, 3.05) is 43.5 Å². The van der Waals surface area contributed by atoms with E-state index in [4.69, 9.17) is 0 Å². The van der Waals surface area contributed by atoms with Gasteiger partial charge in [-0.3, -0.25) is 9.10 Å². The minimum Gasteiger partial charge on any atom is -0.354 e. The molecular weight excluding hydrogens is 458 g/mol. The highest BCUT2D eigenvalue weighted by Gasteiger charge is 2.22. The van der Waals surface area contributed by atoms with E-state index in [1.807, 2.05) is 30.3 Å². The average Bonchev–Trinajstić information content (AvgIpc) is 2.71. The Morgan fingerprint density at radius 3 is 2.13 bits per heavy atom. The molecular formula is C20H27N3O5S3. The number of carbonyl (C=O) groups excluding carboxylic acids is 1. The Bertz CT molecular complexity index is 1070. The van der Waals surface area contributed by atoms with E-state index in [2.05, 4.69) is 5.32 Å². The van der Waals surface area contributed by atoms with Crippen molar-refractivity contribution in [3.8, 4) is 0 Å². The monoisotopic (exact) mass is 485 g/mol. The van der Waals surface area contributed by atoms with Gasteiger partial charge < -0.3 is 5.32 Å². The summed E-state index contributed by atoms with van der Waals surface area (Å²) in [5.74, 6) is 0.391. The second-order valence-corrected chi connectivity index (χ2v) is 12.1. The molecule has 1 N–H and O–H groups in total. The highest BCUT2D eigenvalue weighted by Crippen LogP contribution is 2.21. The average molecular weight is 486 g/mol. The molecule has 11 heteroatoms. The van der Waals surface area contributed by atoms with E-state index in [0.717, 1.165) is 31.9 Å². The van der Waals surface area contributed by atoms with Crippen LogP contribution in [0.1, 0.15) is 6.42 Å². The first-order valence-electron chi connectivity index (χ1n) is 9.46. The van der Waals surface area contributed by atoms with Crippen molar-refractivity contribution in [3.05, 3.63) is 54.6 Å². The van der Waals surface area contributed by atoms with Gasteiger partial charge in [0.05, 0.1) is 16.8 Å². The molecule has 0 saturated carbocycles. The molecule has 0 aliphatic carbocycles. The third kappa shape index (κ3) is 7.53. The molecule has 8 nitrogen and oxygen atoms in total. The number of hydrogen-bond acceptors (Lipinski definition) is 6. The molecule has 0 spiro atoms. The molecule has 0 saturated heterocycles. The van der Waals surface area contributed by atoms with Gasteiger partial charge in [-0.05, 0) is 48.6 Å². The summed E-state index contributed by atoms with van der Waals surface area (Å²) >= 11 is 1.68. The molecule has 2 aromatic carbocycles. The molecule has 0 aliphatic rings. The van der Waals surface area contributed by atoms with Gasteiger partial charge in [-0.25, -0.2) is 21.1 Å². The summed E-state index contributed by atoms with van der Waals surface area (Å²) in [4.78, 5) is 13.5. The molecule has 0 radical (unpaired) electrons. The maximum absolute atomic E-state index is 12.3. The second-order valence-electron chi connectivity index (χ2n) is 6.92. The highest BCUT2D eigenvalue weighted by atomic mass is 32.2. The summed E-state index contributed by atoms with van der Waals surface area (Å²) in [6.45, 7) is 0.0424. The highest BCUT2D eigenvalue weighted by molar-refractivity contribution is 7.99. The third-order valence-corrected chi connectivity index (χ3v) is 8.31. The van der Waals surface area contributed by atoms with Crippen LogP contribution >= 0.6 is 11.8 Å². The lowest BCUT2D eigenvalue weighted by Gasteiger charge is -2.22. The number of anilines is 1. The number of nitrogens with zero attached hydrogens (tertiary/aromatic N) is 2. The molecule has 0 bridgehead atoms. The second kappa shape index (κ2) is 11.0. The Morgan fingerprint density at radius 1 is 0.968 bits per heavy atom. The van der Waals surface area contributed by atoms with Gasteiger partial charge in [0.2, 0.25) is 26.0 Å². The fourth-order valence-corrected chi connectivity index (χ4v) is 5.22. The predicted octanol–water partition coefficient (Wildman–Crippen LogP) is 2.00. The molecule has 170 valence electrons. The van der Waals surface area contributed by atoms with Crippen LogP contribution in [0.4, 0.5) is 5.69 Å². The zero-order chi connectivity index (χ0) is 23.1. The van der Waals surface area contributed by atoms with Crippen molar-refractivity contribution in [1.82, 2.24) is 9.62 Å². The number of thioether (sulfide) groups is 1. The number of amides is 1. The quantitative estimate of drug-likeness (QED) is 0.386. The van der Waals surface area contributed by atoms with E-state index in [9.17, 15) is 21.6 Å². The summed E-state index contributed by atoms with van der Waals surface area (Å²) in [6, 6.07) is 15.3. The molecule has 0 fully saturated rings. The number of benzene rings is 2.